The Balaban J connectivity index is 2.13. The summed E-state index contributed by atoms with van der Waals surface area (Å²) in [4.78, 5) is 29.1. The van der Waals surface area contributed by atoms with Gasteiger partial charge in [-0.05, 0) is 38.7 Å². The normalized spacial score (nSPS) is 18.9. The lowest BCUT2D eigenvalue weighted by atomic mass is 9.95. The molecule has 1 amide bonds. The summed E-state index contributed by atoms with van der Waals surface area (Å²) < 4.78 is 0. The van der Waals surface area contributed by atoms with E-state index in [0.717, 1.165) is 11.1 Å². The summed E-state index contributed by atoms with van der Waals surface area (Å²) in [5, 5.41) is 11.5. The molecule has 5 nitrogen and oxygen atoms in total. The molecule has 0 spiro atoms. The standard InChI is InChI=1S/C22H23ClN2O3/c1-14-4-6-16(7-5-14)20(26)18-19(15-8-10-17(23)11-9-15)25(13-12-24(2)3)22(28)21(18)27/h4-11,19,26H,12-13H2,1-3H3/b20-18+/t19-/m1/s1. The van der Waals surface area contributed by atoms with Crippen molar-refractivity contribution in [2.45, 2.75) is 13.0 Å². The number of likely N-dealkylation sites (N-methyl/N-ethyl adjacent to an activating group) is 1. The van der Waals surface area contributed by atoms with Crippen molar-refractivity contribution in [2.24, 2.45) is 0 Å². The van der Waals surface area contributed by atoms with Gasteiger partial charge in [0.05, 0.1) is 11.6 Å². The molecule has 1 aliphatic rings. The average molecular weight is 399 g/mol. The Kier molecular flexibility index (Phi) is 5.87. The zero-order chi connectivity index (χ0) is 20.4. The molecule has 0 bridgehead atoms. The van der Waals surface area contributed by atoms with E-state index < -0.39 is 17.7 Å². The number of ketones is 1. The number of carbonyl (C=O) groups excluding carboxylic acids is 2. The number of carbonyl (C=O) groups is 2. The van der Waals surface area contributed by atoms with Crippen LogP contribution in [0.5, 0.6) is 0 Å². The second kappa shape index (κ2) is 8.17. The molecule has 0 aromatic heterocycles. The van der Waals surface area contributed by atoms with Crippen LogP contribution in [0.4, 0.5) is 0 Å². The Labute approximate surface area is 169 Å². The number of amides is 1. The number of aliphatic hydroxyl groups excluding tert-OH is 1. The van der Waals surface area contributed by atoms with Crippen molar-refractivity contribution in [3.8, 4) is 0 Å². The maximum atomic E-state index is 12.8. The summed E-state index contributed by atoms with van der Waals surface area (Å²) in [6.07, 6.45) is 0. The minimum absolute atomic E-state index is 0.106. The monoisotopic (exact) mass is 398 g/mol. The zero-order valence-corrected chi connectivity index (χ0v) is 16.9. The predicted molar refractivity (Wildman–Crippen MR) is 110 cm³/mol. The molecule has 1 atom stereocenters. The van der Waals surface area contributed by atoms with Crippen LogP contribution in [0.15, 0.2) is 54.1 Å². The number of halogens is 1. The fourth-order valence-corrected chi connectivity index (χ4v) is 3.40. The SMILES string of the molecule is Cc1ccc(/C(O)=C2\C(=O)C(=O)N(CCN(C)C)[C@@H]2c2ccc(Cl)cc2)cc1. The minimum Gasteiger partial charge on any atom is -0.507 e. The molecule has 2 aromatic carbocycles. The first kappa shape index (κ1) is 20.1. The number of hydrogen-bond donors (Lipinski definition) is 1. The third-order valence-corrected chi connectivity index (χ3v) is 5.09. The van der Waals surface area contributed by atoms with Crippen LogP contribution in [0.1, 0.15) is 22.7 Å². The largest absolute Gasteiger partial charge is 0.507 e. The lowest BCUT2D eigenvalue weighted by molar-refractivity contribution is -0.140. The van der Waals surface area contributed by atoms with Gasteiger partial charge in [0.2, 0.25) is 0 Å². The van der Waals surface area contributed by atoms with Crippen molar-refractivity contribution in [3.05, 3.63) is 75.8 Å². The van der Waals surface area contributed by atoms with E-state index in [4.69, 9.17) is 11.6 Å². The third kappa shape index (κ3) is 3.96. The van der Waals surface area contributed by atoms with Gasteiger partial charge in [-0.2, -0.15) is 0 Å². The first-order valence-electron chi connectivity index (χ1n) is 9.05. The summed E-state index contributed by atoms with van der Waals surface area (Å²) in [6, 6.07) is 13.5. The Morgan fingerprint density at radius 3 is 2.25 bits per heavy atom. The topological polar surface area (TPSA) is 60.9 Å². The van der Waals surface area contributed by atoms with Crippen LogP contribution >= 0.6 is 11.6 Å². The van der Waals surface area contributed by atoms with Gasteiger partial charge in [0.1, 0.15) is 5.76 Å². The Hall–Kier alpha value is -2.63. The molecule has 0 unspecified atom stereocenters. The first-order valence-corrected chi connectivity index (χ1v) is 9.43. The van der Waals surface area contributed by atoms with E-state index in [1.807, 2.05) is 38.1 Å². The van der Waals surface area contributed by atoms with E-state index in [2.05, 4.69) is 0 Å². The van der Waals surface area contributed by atoms with Crippen molar-refractivity contribution < 1.29 is 14.7 Å². The molecule has 0 radical (unpaired) electrons. The molecule has 28 heavy (non-hydrogen) atoms. The molecule has 1 fully saturated rings. The van der Waals surface area contributed by atoms with Crippen LogP contribution < -0.4 is 0 Å². The highest BCUT2D eigenvalue weighted by atomic mass is 35.5. The maximum Gasteiger partial charge on any atom is 0.295 e. The van der Waals surface area contributed by atoms with Gasteiger partial charge >= 0.3 is 0 Å². The van der Waals surface area contributed by atoms with Gasteiger partial charge in [0.25, 0.3) is 11.7 Å². The van der Waals surface area contributed by atoms with E-state index in [1.54, 1.807) is 36.4 Å². The van der Waals surface area contributed by atoms with Crippen molar-refractivity contribution in [1.82, 2.24) is 9.80 Å². The van der Waals surface area contributed by atoms with Crippen LogP contribution in [0.25, 0.3) is 5.76 Å². The van der Waals surface area contributed by atoms with E-state index >= 15 is 0 Å². The summed E-state index contributed by atoms with van der Waals surface area (Å²) >= 11 is 6.01. The molecule has 3 rings (SSSR count). The van der Waals surface area contributed by atoms with Crippen molar-refractivity contribution in [2.75, 3.05) is 27.2 Å². The van der Waals surface area contributed by atoms with E-state index in [9.17, 15) is 14.7 Å². The van der Waals surface area contributed by atoms with Gasteiger partial charge in [0.15, 0.2) is 0 Å². The Morgan fingerprint density at radius 2 is 1.68 bits per heavy atom. The van der Waals surface area contributed by atoms with Gasteiger partial charge < -0.3 is 14.9 Å². The summed E-state index contributed by atoms with van der Waals surface area (Å²) in [7, 11) is 3.81. The fourth-order valence-electron chi connectivity index (χ4n) is 3.28. The number of aliphatic hydroxyl groups is 1. The molecular weight excluding hydrogens is 376 g/mol. The second-order valence-electron chi connectivity index (χ2n) is 7.21. The molecule has 0 aliphatic carbocycles. The summed E-state index contributed by atoms with van der Waals surface area (Å²) in [5.41, 5.74) is 2.39. The molecule has 1 N–H and O–H groups in total. The number of hydrogen-bond acceptors (Lipinski definition) is 4. The van der Waals surface area contributed by atoms with Crippen LogP contribution in [0, 0.1) is 6.92 Å². The van der Waals surface area contributed by atoms with Crippen LogP contribution in [-0.4, -0.2) is 53.8 Å². The van der Waals surface area contributed by atoms with Crippen LogP contribution in [0.2, 0.25) is 5.02 Å². The van der Waals surface area contributed by atoms with Crippen LogP contribution in [0.3, 0.4) is 0 Å². The lowest BCUT2D eigenvalue weighted by Gasteiger charge is -2.26. The second-order valence-corrected chi connectivity index (χ2v) is 7.65. The van der Waals surface area contributed by atoms with E-state index in [1.165, 1.54) is 4.90 Å². The minimum atomic E-state index is -0.670. The van der Waals surface area contributed by atoms with Gasteiger partial charge in [-0.25, -0.2) is 0 Å². The van der Waals surface area contributed by atoms with Gasteiger partial charge in [-0.1, -0.05) is 53.6 Å². The molecule has 146 valence electrons. The van der Waals surface area contributed by atoms with Crippen molar-refractivity contribution in [1.29, 1.82) is 0 Å². The molecule has 1 saturated heterocycles. The quantitative estimate of drug-likeness (QED) is 0.474. The highest BCUT2D eigenvalue weighted by Gasteiger charge is 2.45. The summed E-state index contributed by atoms with van der Waals surface area (Å²) in [5.74, 6) is -1.43. The number of aryl methyl sites for hydroxylation is 1. The summed E-state index contributed by atoms with van der Waals surface area (Å²) in [6.45, 7) is 2.91. The molecule has 2 aromatic rings. The third-order valence-electron chi connectivity index (χ3n) is 4.84. The lowest BCUT2D eigenvalue weighted by Crippen LogP contribution is -2.35. The number of benzene rings is 2. The molecule has 6 heteroatoms. The Bertz CT molecular complexity index is 918. The number of Topliss-reactive ketones (excluding diaryl/α,β-unsaturated/α-hetero) is 1. The van der Waals surface area contributed by atoms with Gasteiger partial charge in [-0.3, -0.25) is 9.59 Å². The number of rotatable bonds is 5. The van der Waals surface area contributed by atoms with Gasteiger partial charge in [0, 0.05) is 23.7 Å². The maximum absolute atomic E-state index is 12.8. The Morgan fingerprint density at radius 1 is 1.07 bits per heavy atom. The van der Waals surface area contributed by atoms with E-state index in [0.29, 0.717) is 23.7 Å². The molecular formula is C22H23ClN2O3. The predicted octanol–water partition coefficient (Wildman–Crippen LogP) is 3.63. The van der Waals surface area contributed by atoms with Crippen LogP contribution in [-0.2, 0) is 9.59 Å². The zero-order valence-electron chi connectivity index (χ0n) is 16.1. The molecule has 0 saturated carbocycles. The highest BCUT2D eigenvalue weighted by Crippen LogP contribution is 2.39. The number of likely N-dealkylation sites (tertiary alicyclic amines) is 1. The fraction of sp³-hybridized carbons (Fsp3) is 0.273. The smallest absolute Gasteiger partial charge is 0.295 e. The number of nitrogens with zero attached hydrogens (tertiary/aromatic N) is 2. The van der Waals surface area contributed by atoms with Crippen molar-refractivity contribution >= 4 is 29.1 Å². The van der Waals surface area contributed by atoms with Gasteiger partial charge in [-0.15, -0.1) is 0 Å². The van der Waals surface area contributed by atoms with Crippen molar-refractivity contribution in [3.63, 3.8) is 0 Å². The average Bonchev–Trinajstić information content (AvgIpc) is 2.91. The van der Waals surface area contributed by atoms with E-state index in [-0.39, 0.29) is 11.3 Å². The molecule has 1 heterocycles. The molecule has 1 aliphatic heterocycles. The highest BCUT2D eigenvalue weighted by molar-refractivity contribution is 6.46. The first-order chi connectivity index (χ1) is 13.3.